The lowest BCUT2D eigenvalue weighted by atomic mass is 10.1. The second kappa shape index (κ2) is 4.49. The van der Waals surface area contributed by atoms with Crippen LogP contribution < -0.4 is 4.90 Å². The van der Waals surface area contributed by atoms with E-state index in [9.17, 15) is 4.79 Å². The van der Waals surface area contributed by atoms with Crippen molar-refractivity contribution in [2.75, 3.05) is 18.0 Å². The molecule has 15 heavy (non-hydrogen) atoms. The highest BCUT2D eigenvalue weighted by Gasteiger charge is 2.13. The first kappa shape index (κ1) is 10.2. The topological polar surface area (TPSA) is 20.3 Å². The van der Waals surface area contributed by atoms with Gasteiger partial charge in [-0.3, -0.25) is 4.79 Å². The van der Waals surface area contributed by atoms with Crippen molar-refractivity contribution in [3.63, 3.8) is 0 Å². The number of nitrogens with zero attached hydrogens (tertiary/aromatic N) is 1. The van der Waals surface area contributed by atoms with Gasteiger partial charge in [-0.15, -0.1) is 0 Å². The van der Waals surface area contributed by atoms with Crippen LogP contribution in [0, 0.1) is 0 Å². The summed E-state index contributed by atoms with van der Waals surface area (Å²) in [5.41, 5.74) is 1.52. The predicted molar refractivity (Wildman–Crippen MR) is 62.8 cm³/mol. The van der Waals surface area contributed by atoms with Crippen molar-refractivity contribution in [1.82, 2.24) is 0 Å². The number of benzene rings is 1. The summed E-state index contributed by atoms with van der Waals surface area (Å²) in [4.78, 5) is 13.1. The Kier molecular flexibility index (Phi) is 3.07. The zero-order chi connectivity index (χ0) is 10.7. The number of hydrogen-bond acceptors (Lipinski definition) is 2. The van der Waals surface area contributed by atoms with E-state index in [1.54, 1.807) is 6.07 Å². The SMILES string of the molecule is O=Cc1c(Cl)cccc1N1CC=CCC1. The Balaban J connectivity index is 2.38. The Bertz CT molecular complexity index is 401. The predicted octanol–water partition coefficient (Wildman–Crippen LogP) is 2.92. The van der Waals surface area contributed by atoms with Crippen molar-refractivity contribution in [2.45, 2.75) is 6.42 Å². The maximum absolute atomic E-state index is 11.0. The molecule has 0 saturated heterocycles. The van der Waals surface area contributed by atoms with Gasteiger partial charge in [0.15, 0.2) is 6.29 Å². The Labute approximate surface area is 94.2 Å². The van der Waals surface area contributed by atoms with Crippen LogP contribution in [0.1, 0.15) is 16.8 Å². The van der Waals surface area contributed by atoms with E-state index in [4.69, 9.17) is 11.6 Å². The third-order valence-corrected chi connectivity index (χ3v) is 2.88. The van der Waals surface area contributed by atoms with Gasteiger partial charge in [-0.05, 0) is 18.6 Å². The van der Waals surface area contributed by atoms with Gasteiger partial charge in [0.1, 0.15) is 0 Å². The fourth-order valence-corrected chi connectivity index (χ4v) is 1.99. The molecule has 0 saturated carbocycles. The monoisotopic (exact) mass is 221 g/mol. The van der Waals surface area contributed by atoms with E-state index < -0.39 is 0 Å². The molecule has 0 aromatic heterocycles. The molecule has 2 nitrogen and oxygen atoms in total. The minimum absolute atomic E-state index is 0.525. The second-order valence-corrected chi connectivity index (χ2v) is 3.90. The van der Waals surface area contributed by atoms with Crippen molar-refractivity contribution < 1.29 is 4.79 Å². The first-order valence-electron chi connectivity index (χ1n) is 4.96. The van der Waals surface area contributed by atoms with E-state index in [1.165, 1.54) is 0 Å². The van der Waals surface area contributed by atoms with E-state index in [0.717, 1.165) is 31.5 Å². The van der Waals surface area contributed by atoms with Crippen molar-refractivity contribution in [1.29, 1.82) is 0 Å². The van der Waals surface area contributed by atoms with Gasteiger partial charge in [0.2, 0.25) is 0 Å². The second-order valence-electron chi connectivity index (χ2n) is 3.50. The first-order valence-corrected chi connectivity index (χ1v) is 5.34. The number of anilines is 1. The Morgan fingerprint density at radius 3 is 2.87 bits per heavy atom. The van der Waals surface area contributed by atoms with E-state index in [-0.39, 0.29) is 0 Å². The van der Waals surface area contributed by atoms with Crippen LogP contribution in [0.2, 0.25) is 5.02 Å². The Morgan fingerprint density at radius 2 is 2.20 bits per heavy atom. The lowest BCUT2D eigenvalue weighted by Crippen LogP contribution is -2.27. The van der Waals surface area contributed by atoms with E-state index in [2.05, 4.69) is 17.1 Å². The molecule has 1 aromatic rings. The highest BCUT2D eigenvalue weighted by Crippen LogP contribution is 2.26. The molecule has 2 rings (SSSR count). The standard InChI is InChI=1S/C12H12ClNO/c13-11-5-4-6-12(10(11)9-15)14-7-2-1-3-8-14/h1-2,4-6,9H,3,7-8H2. The first-order chi connectivity index (χ1) is 7.33. The molecule has 0 amide bonds. The van der Waals surface area contributed by atoms with Crippen LogP contribution in [0.25, 0.3) is 0 Å². The molecule has 0 bridgehead atoms. The average Bonchev–Trinajstić information content (AvgIpc) is 2.30. The summed E-state index contributed by atoms with van der Waals surface area (Å²) in [5.74, 6) is 0. The zero-order valence-electron chi connectivity index (χ0n) is 8.32. The van der Waals surface area contributed by atoms with Gasteiger partial charge in [0, 0.05) is 18.8 Å². The Hall–Kier alpha value is -1.28. The van der Waals surface area contributed by atoms with E-state index in [0.29, 0.717) is 10.6 Å². The molecular weight excluding hydrogens is 210 g/mol. The van der Waals surface area contributed by atoms with E-state index in [1.807, 2.05) is 12.1 Å². The molecule has 0 spiro atoms. The van der Waals surface area contributed by atoms with Crippen LogP contribution in [0.5, 0.6) is 0 Å². The summed E-state index contributed by atoms with van der Waals surface area (Å²) in [6.07, 6.45) is 6.11. The van der Waals surface area contributed by atoms with Gasteiger partial charge in [-0.2, -0.15) is 0 Å². The van der Waals surface area contributed by atoms with Crippen LogP contribution in [0.3, 0.4) is 0 Å². The van der Waals surface area contributed by atoms with Crippen LogP contribution in [-0.4, -0.2) is 19.4 Å². The molecule has 3 heteroatoms. The molecule has 0 atom stereocenters. The number of aldehydes is 1. The van der Waals surface area contributed by atoms with Gasteiger partial charge in [-0.1, -0.05) is 29.8 Å². The summed E-state index contributed by atoms with van der Waals surface area (Å²) in [7, 11) is 0. The molecule has 0 N–H and O–H groups in total. The molecular formula is C12H12ClNO. The lowest BCUT2D eigenvalue weighted by Gasteiger charge is -2.27. The molecule has 1 heterocycles. The highest BCUT2D eigenvalue weighted by atomic mass is 35.5. The third-order valence-electron chi connectivity index (χ3n) is 2.55. The largest absolute Gasteiger partial charge is 0.367 e. The molecule has 0 unspecified atom stereocenters. The molecule has 0 aliphatic carbocycles. The number of rotatable bonds is 2. The summed E-state index contributed by atoms with van der Waals surface area (Å²) >= 11 is 5.97. The van der Waals surface area contributed by atoms with Gasteiger partial charge in [0.05, 0.1) is 10.6 Å². The number of carbonyl (C=O) groups excluding carboxylic acids is 1. The van der Waals surface area contributed by atoms with Crippen molar-refractivity contribution in [3.8, 4) is 0 Å². The number of carbonyl (C=O) groups is 1. The van der Waals surface area contributed by atoms with Crippen LogP contribution >= 0.6 is 11.6 Å². The smallest absolute Gasteiger partial charge is 0.153 e. The third kappa shape index (κ3) is 2.05. The molecule has 1 aliphatic heterocycles. The lowest BCUT2D eigenvalue weighted by molar-refractivity contribution is 0.112. The summed E-state index contributed by atoms with van der Waals surface area (Å²) in [6.45, 7) is 1.79. The van der Waals surface area contributed by atoms with Crippen LogP contribution in [0.4, 0.5) is 5.69 Å². The van der Waals surface area contributed by atoms with Gasteiger partial charge < -0.3 is 4.90 Å². The van der Waals surface area contributed by atoms with Crippen molar-refractivity contribution in [2.24, 2.45) is 0 Å². The fraction of sp³-hybridized carbons (Fsp3) is 0.250. The van der Waals surface area contributed by atoms with Crippen LogP contribution in [0.15, 0.2) is 30.4 Å². The molecule has 0 fully saturated rings. The number of halogens is 1. The average molecular weight is 222 g/mol. The zero-order valence-corrected chi connectivity index (χ0v) is 9.07. The van der Waals surface area contributed by atoms with Crippen molar-refractivity contribution in [3.05, 3.63) is 40.9 Å². The quantitative estimate of drug-likeness (QED) is 0.565. The molecule has 0 radical (unpaired) electrons. The van der Waals surface area contributed by atoms with Crippen molar-refractivity contribution >= 4 is 23.6 Å². The number of hydrogen-bond donors (Lipinski definition) is 0. The van der Waals surface area contributed by atoms with Gasteiger partial charge >= 0.3 is 0 Å². The summed E-state index contributed by atoms with van der Waals surface area (Å²) < 4.78 is 0. The van der Waals surface area contributed by atoms with Crippen LogP contribution in [-0.2, 0) is 0 Å². The summed E-state index contributed by atoms with van der Waals surface area (Å²) in [6, 6.07) is 5.56. The van der Waals surface area contributed by atoms with Gasteiger partial charge in [0.25, 0.3) is 0 Å². The Morgan fingerprint density at radius 1 is 1.33 bits per heavy atom. The molecule has 78 valence electrons. The van der Waals surface area contributed by atoms with Gasteiger partial charge in [-0.25, -0.2) is 0 Å². The van der Waals surface area contributed by atoms with E-state index >= 15 is 0 Å². The maximum Gasteiger partial charge on any atom is 0.153 e. The maximum atomic E-state index is 11.0. The minimum atomic E-state index is 0.525. The normalized spacial score (nSPS) is 15.4. The summed E-state index contributed by atoms with van der Waals surface area (Å²) in [5, 5.41) is 0.525. The minimum Gasteiger partial charge on any atom is -0.367 e. The fourth-order valence-electron chi connectivity index (χ4n) is 1.78. The molecule has 1 aromatic carbocycles. The molecule has 1 aliphatic rings. The highest BCUT2D eigenvalue weighted by molar-refractivity contribution is 6.33.